The van der Waals surface area contributed by atoms with Gasteiger partial charge in [-0.05, 0) is 174 Å². The molecule has 0 aliphatic carbocycles. The highest BCUT2D eigenvalue weighted by Crippen LogP contribution is 2.34. The first kappa shape index (κ1) is 55.7. The summed E-state index contributed by atoms with van der Waals surface area (Å²) in [6.45, 7) is 10.8. The number of hydrazine groups is 1. The fourth-order valence-electron chi connectivity index (χ4n) is 8.88. The Morgan fingerprint density at radius 2 is 0.910 bits per heavy atom. The number of nitrogens with zero attached hydrogens (tertiary/aromatic N) is 4. The Morgan fingerprint density at radius 3 is 1.26 bits per heavy atom. The second-order valence-corrected chi connectivity index (χ2v) is 22.8. The van der Waals surface area contributed by atoms with Gasteiger partial charge < -0.3 is 29.2 Å². The summed E-state index contributed by atoms with van der Waals surface area (Å²) in [4.78, 5) is 30.3. The summed E-state index contributed by atoms with van der Waals surface area (Å²) in [6.07, 6.45) is 8.20. The van der Waals surface area contributed by atoms with E-state index >= 15 is 9.59 Å². The minimum atomic E-state index is -4.16. The number of benzene rings is 6. The highest BCUT2D eigenvalue weighted by molar-refractivity contribution is 7.90. The molecule has 2 aromatic heterocycles. The number of ether oxygens (including phenoxy) is 4. The monoisotopic (exact) mass is 1090 g/mol. The molecule has 0 aliphatic heterocycles. The molecule has 0 radical (unpaired) electrons. The Hall–Kier alpha value is -8.48. The maximum absolute atomic E-state index is 15.1. The molecule has 8 rings (SSSR count). The van der Waals surface area contributed by atoms with Gasteiger partial charge >= 0.3 is 0 Å². The van der Waals surface area contributed by atoms with E-state index in [1.54, 1.807) is 109 Å². The summed E-state index contributed by atoms with van der Waals surface area (Å²) in [7, 11) is -5.53. The molecule has 0 spiro atoms. The topological polar surface area (TPSA) is 196 Å². The van der Waals surface area contributed by atoms with Crippen LogP contribution in [-0.4, -0.2) is 96.3 Å². The van der Waals surface area contributed by atoms with Crippen molar-refractivity contribution < 1.29 is 55.6 Å². The van der Waals surface area contributed by atoms with Crippen LogP contribution < -0.4 is 18.9 Å². The Balaban J connectivity index is 1.27. The summed E-state index contributed by atoms with van der Waals surface area (Å²) in [5.74, 6) is -0.239. The van der Waals surface area contributed by atoms with Crippen LogP contribution in [0.25, 0.3) is 34.0 Å². The van der Waals surface area contributed by atoms with E-state index in [0.717, 1.165) is 11.1 Å². The number of phenols is 2. The molecule has 406 valence electrons. The zero-order chi connectivity index (χ0) is 56.1. The van der Waals surface area contributed by atoms with E-state index in [9.17, 15) is 27.0 Å². The number of fused-ring (bicyclic) bond motifs is 2. The second kappa shape index (κ2) is 23.4. The highest BCUT2D eigenvalue weighted by Gasteiger charge is 2.29. The number of aromatic nitrogens is 2. The molecule has 2 amide bonds. The number of aryl methyl sites for hydroxylation is 2. The molecule has 0 fully saturated rings. The van der Waals surface area contributed by atoms with Crippen LogP contribution in [0.2, 0.25) is 0 Å². The number of hydrogen-bond acceptors (Lipinski definition) is 12. The summed E-state index contributed by atoms with van der Waals surface area (Å²) in [5.41, 5.74) is 4.48. The third-order valence-electron chi connectivity index (χ3n) is 12.8. The molecular formula is C60H62N4O12S2. The third kappa shape index (κ3) is 12.4. The standard InChI is InChI=1S/C60H62N4O12S2/c1-39(2)75-47-17-23-53-51(35-47)45(37-63(53)77(69,70)49-19-9-41(5)10-20-49)29-31-61(59(67)27-15-43-13-25-55(65)57(33-43)73-7)62(60(68)28-16-44-14-26-56(66)58(34-44)74-8)32-30-46-38-64(78(71,72)50-21-11-42(6)12-22-50)54-24-18-48(36-52(46)54)76-40(3)4/h9-28,33-40,65-66H,29-32H2,1-8H3/b27-15+,28-16+. The van der Waals surface area contributed by atoms with Crippen LogP contribution in [0.3, 0.4) is 0 Å². The van der Waals surface area contributed by atoms with Crippen LogP contribution in [0.5, 0.6) is 34.5 Å². The van der Waals surface area contributed by atoms with E-state index in [-0.39, 0.29) is 70.9 Å². The molecule has 6 aromatic carbocycles. The van der Waals surface area contributed by atoms with Gasteiger partial charge in [-0.15, -0.1) is 0 Å². The van der Waals surface area contributed by atoms with Gasteiger partial charge in [-0.25, -0.2) is 34.8 Å². The Morgan fingerprint density at radius 1 is 0.538 bits per heavy atom. The Bertz CT molecular complexity index is 3560. The van der Waals surface area contributed by atoms with Crippen molar-refractivity contribution >= 4 is 65.8 Å². The summed E-state index contributed by atoms with van der Waals surface area (Å²) in [6, 6.07) is 32.4. The van der Waals surface area contributed by atoms with Crippen molar-refractivity contribution in [3.63, 3.8) is 0 Å². The first-order valence-corrected chi connectivity index (χ1v) is 28.0. The van der Waals surface area contributed by atoms with Crippen LogP contribution in [0.15, 0.2) is 156 Å². The normalized spacial score (nSPS) is 12.1. The Labute approximate surface area is 454 Å². The van der Waals surface area contributed by atoms with Gasteiger partial charge in [0, 0.05) is 48.4 Å². The minimum absolute atomic E-state index is 0.0112. The number of carbonyl (C=O) groups excluding carboxylic acids is 2. The molecule has 0 saturated carbocycles. The molecule has 8 aromatic rings. The smallest absolute Gasteiger partial charge is 0.268 e. The van der Waals surface area contributed by atoms with E-state index in [2.05, 4.69) is 0 Å². The van der Waals surface area contributed by atoms with Crippen molar-refractivity contribution in [3.8, 4) is 34.5 Å². The molecule has 0 unspecified atom stereocenters. The van der Waals surface area contributed by atoms with Crippen molar-refractivity contribution in [2.24, 2.45) is 0 Å². The van der Waals surface area contributed by atoms with Gasteiger partial charge in [-0.3, -0.25) is 9.59 Å². The molecule has 2 N–H and O–H groups in total. The number of methoxy groups -OCH3 is 2. The van der Waals surface area contributed by atoms with Crippen LogP contribution in [0.4, 0.5) is 0 Å². The lowest BCUT2D eigenvalue weighted by Gasteiger charge is -2.34. The molecule has 18 heteroatoms. The van der Waals surface area contributed by atoms with Gasteiger partial charge in [-0.2, -0.15) is 0 Å². The molecular weight excluding hydrogens is 1030 g/mol. The second-order valence-electron chi connectivity index (χ2n) is 19.2. The molecule has 0 saturated heterocycles. The van der Waals surface area contributed by atoms with Crippen molar-refractivity contribution in [1.82, 2.24) is 18.0 Å². The maximum Gasteiger partial charge on any atom is 0.268 e. The molecule has 78 heavy (non-hydrogen) atoms. The number of rotatable bonds is 20. The lowest BCUT2D eigenvalue weighted by atomic mass is 10.1. The first-order chi connectivity index (χ1) is 37.2. The first-order valence-electron chi connectivity index (χ1n) is 25.2. The summed E-state index contributed by atoms with van der Waals surface area (Å²) >= 11 is 0. The maximum atomic E-state index is 15.1. The number of hydrogen-bond donors (Lipinski definition) is 2. The quantitative estimate of drug-likeness (QED) is 0.0542. The fraction of sp³-hybridized carbons (Fsp3) is 0.233. The average Bonchev–Trinajstić information content (AvgIpc) is 4.06. The van der Waals surface area contributed by atoms with Gasteiger partial charge in [0.05, 0.1) is 47.3 Å². The number of amides is 2. The summed E-state index contributed by atoms with van der Waals surface area (Å²) in [5, 5.41) is 24.3. The number of aromatic hydroxyl groups is 2. The molecule has 0 atom stereocenters. The zero-order valence-corrected chi connectivity index (χ0v) is 46.2. The zero-order valence-electron chi connectivity index (χ0n) is 44.6. The average molecular weight is 1100 g/mol. The van der Waals surface area contributed by atoms with E-state index < -0.39 is 31.9 Å². The van der Waals surface area contributed by atoms with E-state index in [4.69, 9.17) is 18.9 Å². The third-order valence-corrected chi connectivity index (χ3v) is 16.2. The van der Waals surface area contributed by atoms with Crippen LogP contribution in [-0.2, 0) is 42.5 Å². The SMILES string of the molecule is COc1cc(/C=C/C(=O)N(CCc2cn(S(=O)(=O)c3ccc(C)cc3)c3ccc(OC(C)C)cc23)N(CCc2cn(S(=O)(=O)c3ccc(C)cc3)c3ccc(OC(C)C)cc23)C(=O)/C=C/c2ccc(O)c(OC)c2)ccc1O. The number of carbonyl (C=O) groups is 2. The fourth-order valence-corrected chi connectivity index (χ4v) is 11.7. The van der Waals surface area contributed by atoms with Gasteiger partial charge in [0.25, 0.3) is 31.9 Å². The highest BCUT2D eigenvalue weighted by atomic mass is 32.2. The van der Waals surface area contributed by atoms with Crippen LogP contribution >= 0.6 is 0 Å². The van der Waals surface area contributed by atoms with E-state index in [0.29, 0.717) is 55.6 Å². The van der Waals surface area contributed by atoms with E-state index in [1.165, 1.54) is 81.0 Å². The predicted octanol–water partition coefficient (Wildman–Crippen LogP) is 10.5. The van der Waals surface area contributed by atoms with Gasteiger partial charge in [-0.1, -0.05) is 47.5 Å². The van der Waals surface area contributed by atoms with Gasteiger partial charge in [0.2, 0.25) is 0 Å². The molecule has 0 aliphatic rings. The van der Waals surface area contributed by atoms with Crippen molar-refractivity contribution in [2.75, 3.05) is 27.3 Å². The lowest BCUT2D eigenvalue weighted by molar-refractivity contribution is -0.157. The van der Waals surface area contributed by atoms with Gasteiger partial charge in [0.15, 0.2) is 23.0 Å². The Kier molecular flexibility index (Phi) is 16.7. The molecule has 2 heterocycles. The summed E-state index contributed by atoms with van der Waals surface area (Å²) < 4.78 is 83.1. The van der Waals surface area contributed by atoms with Gasteiger partial charge in [0.1, 0.15) is 11.5 Å². The largest absolute Gasteiger partial charge is 0.504 e. The van der Waals surface area contributed by atoms with Crippen LogP contribution in [0.1, 0.15) is 61.1 Å². The van der Waals surface area contributed by atoms with Crippen molar-refractivity contribution in [2.45, 2.75) is 76.4 Å². The minimum Gasteiger partial charge on any atom is -0.504 e. The van der Waals surface area contributed by atoms with Crippen LogP contribution in [0, 0.1) is 13.8 Å². The molecule has 16 nitrogen and oxygen atoms in total. The lowest BCUT2D eigenvalue weighted by Crippen LogP contribution is -2.50. The molecule has 0 bridgehead atoms. The van der Waals surface area contributed by atoms with E-state index in [1.807, 2.05) is 41.5 Å². The van der Waals surface area contributed by atoms with Crippen molar-refractivity contribution in [3.05, 3.63) is 179 Å². The van der Waals surface area contributed by atoms with Crippen molar-refractivity contribution in [1.29, 1.82) is 0 Å². The number of phenolic OH excluding ortho intramolecular Hbond substituents is 2. The predicted molar refractivity (Wildman–Crippen MR) is 301 cm³/mol.